The van der Waals surface area contributed by atoms with Gasteiger partial charge in [-0.3, -0.25) is 4.90 Å². The zero-order valence-electron chi connectivity index (χ0n) is 23.6. The van der Waals surface area contributed by atoms with E-state index in [2.05, 4.69) is 22.1 Å². The summed E-state index contributed by atoms with van der Waals surface area (Å²) in [7, 11) is 0. The van der Waals surface area contributed by atoms with Gasteiger partial charge in [0.15, 0.2) is 0 Å². The van der Waals surface area contributed by atoms with Crippen LogP contribution in [0.3, 0.4) is 0 Å². The molecule has 2 unspecified atom stereocenters. The van der Waals surface area contributed by atoms with Crippen LogP contribution in [0.4, 0.5) is 14.0 Å². The molecule has 0 aliphatic carbocycles. The van der Waals surface area contributed by atoms with Crippen LogP contribution in [0, 0.1) is 0 Å². The summed E-state index contributed by atoms with van der Waals surface area (Å²) in [5, 5.41) is 1.42. The highest BCUT2D eigenvalue weighted by Crippen LogP contribution is 2.38. The minimum absolute atomic E-state index is 0.133. The molecule has 5 heterocycles. The lowest BCUT2D eigenvalue weighted by Crippen LogP contribution is -2.47. The number of aromatic nitrogens is 2. The van der Waals surface area contributed by atoms with Gasteiger partial charge in [0.1, 0.15) is 17.4 Å². The number of hydrogen-bond acceptors (Lipinski definition) is 5. The Bertz CT molecular complexity index is 1490. The van der Waals surface area contributed by atoms with Crippen molar-refractivity contribution in [3.63, 3.8) is 0 Å². The number of rotatable bonds is 2. The lowest BCUT2D eigenvalue weighted by atomic mass is 9.87. The Morgan fingerprint density at radius 1 is 1.15 bits per heavy atom. The highest BCUT2D eigenvalue weighted by atomic mass is 35.5. The molecule has 0 bridgehead atoms. The summed E-state index contributed by atoms with van der Waals surface area (Å²) in [6.45, 7) is 8.11. The molecule has 2 fully saturated rings. The first-order valence-electron chi connectivity index (χ1n) is 14.1. The first kappa shape index (κ1) is 27.8. The van der Waals surface area contributed by atoms with E-state index in [1.165, 1.54) is 0 Å². The predicted octanol–water partition coefficient (Wildman–Crippen LogP) is 5.71. The summed E-state index contributed by atoms with van der Waals surface area (Å²) >= 11 is 6.40. The molecule has 41 heavy (non-hydrogen) atoms. The molecule has 6 rings (SSSR count). The minimum Gasteiger partial charge on any atom is -0.444 e. The lowest BCUT2D eigenvalue weighted by Gasteiger charge is -2.40. The van der Waals surface area contributed by atoms with Crippen molar-refractivity contribution in [3.05, 3.63) is 52.3 Å². The van der Waals surface area contributed by atoms with E-state index in [4.69, 9.17) is 21.1 Å². The summed E-state index contributed by atoms with van der Waals surface area (Å²) in [5.41, 5.74) is 4.90. The van der Waals surface area contributed by atoms with Gasteiger partial charge < -0.3 is 24.3 Å². The van der Waals surface area contributed by atoms with E-state index in [1.807, 2.05) is 33.0 Å². The molecule has 2 saturated heterocycles. The number of fused-ring (bicyclic) bond motifs is 2. The van der Waals surface area contributed by atoms with E-state index in [0.29, 0.717) is 62.9 Å². The summed E-state index contributed by atoms with van der Waals surface area (Å²) in [6.07, 6.45) is 3.16. The molecule has 2 aromatic heterocycles. The zero-order valence-corrected chi connectivity index (χ0v) is 24.3. The normalized spacial score (nSPS) is 21.3. The van der Waals surface area contributed by atoms with Gasteiger partial charge in [-0.25, -0.2) is 19.0 Å². The number of nitrogens with zero attached hydrogens (tertiary/aromatic N) is 4. The van der Waals surface area contributed by atoms with Crippen LogP contribution in [0.1, 0.15) is 49.9 Å². The fourth-order valence-electron chi connectivity index (χ4n) is 5.95. The Morgan fingerprint density at radius 2 is 1.98 bits per heavy atom. The first-order valence-corrected chi connectivity index (χ1v) is 14.5. The second-order valence-electron chi connectivity index (χ2n) is 12.0. The number of alkyl halides is 1. The summed E-state index contributed by atoms with van der Waals surface area (Å²) in [6, 6.07) is 5.66. The van der Waals surface area contributed by atoms with Crippen molar-refractivity contribution in [3.8, 4) is 11.1 Å². The molecule has 3 aliphatic rings. The Morgan fingerprint density at radius 3 is 2.73 bits per heavy atom. The molecule has 3 amide bonds. The predicted molar refractivity (Wildman–Crippen MR) is 154 cm³/mol. The van der Waals surface area contributed by atoms with E-state index in [9.17, 15) is 14.0 Å². The minimum atomic E-state index is -0.976. The second kappa shape index (κ2) is 10.8. The van der Waals surface area contributed by atoms with Crippen LogP contribution in [-0.2, 0) is 22.4 Å². The number of carbonyl (C=O) groups excluding carboxylic acids is 2. The fourth-order valence-corrected chi connectivity index (χ4v) is 6.14. The molecule has 11 heteroatoms. The number of nitrogens with one attached hydrogen (secondary N) is 1. The number of amides is 3. The van der Waals surface area contributed by atoms with Crippen molar-refractivity contribution in [2.24, 2.45) is 0 Å². The molecular formula is C30H35ClFN5O4. The van der Waals surface area contributed by atoms with Crippen LogP contribution in [0.25, 0.3) is 22.2 Å². The average molecular weight is 584 g/mol. The molecule has 1 N–H and O–H groups in total. The summed E-state index contributed by atoms with van der Waals surface area (Å²) < 4.78 is 25.6. The molecule has 3 aliphatic heterocycles. The quantitative estimate of drug-likeness (QED) is 0.417. The number of hydrogen-bond donors (Lipinski definition) is 1. The van der Waals surface area contributed by atoms with Crippen LogP contribution < -0.4 is 0 Å². The zero-order chi connectivity index (χ0) is 28.9. The smallest absolute Gasteiger partial charge is 0.410 e. The van der Waals surface area contributed by atoms with Crippen molar-refractivity contribution in [1.82, 2.24) is 24.7 Å². The molecule has 3 aromatic rings. The number of H-pyrrole nitrogens is 1. The average Bonchev–Trinajstić information content (AvgIpc) is 3.55. The van der Waals surface area contributed by atoms with Gasteiger partial charge in [-0.1, -0.05) is 17.7 Å². The van der Waals surface area contributed by atoms with Crippen molar-refractivity contribution >= 4 is 34.8 Å². The summed E-state index contributed by atoms with van der Waals surface area (Å²) in [5.74, 6) is 0. The van der Waals surface area contributed by atoms with Gasteiger partial charge in [-0.2, -0.15) is 0 Å². The lowest BCUT2D eigenvalue weighted by molar-refractivity contribution is -0.0334. The molecule has 0 saturated carbocycles. The van der Waals surface area contributed by atoms with E-state index in [1.54, 1.807) is 20.9 Å². The van der Waals surface area contributed by atoms with Gasteiger partial charge >= 0.3 is 12.1 Å². The molecule has 218 valence electrons. The second-order valence-corrected chi connectivity index (χ2v) is 12.4. The Balaban J connectivity index is 1.41. The SMILES string of the molecule is CC(C)(C)OC(=O)N1CCOCC1c1cc(-c2cnc3[nH]cc(Cl)c3c2)cc2c1CN(C(=O)N1CCC(F)C1)CC2. The highest BCUT2D eigenvalue weighted by Gasteiger charge is 2.37. The number of pyridine rings is 1. The Labute approximate surface area is 243 Å². The number of halogens is 2. The molecule has 1 aromatic carbocycles. The Hall–Kier alpha value is -3.37. The van der Waals surface area contributed by atoms with Gasteiger partial charge in [0.2, 0.25) is 0 Å². The van der Waals surface area contributed by atoms with Crippen molar-refractivity contribution in [1.29, 1.82) is 0 Å². The maximum atomic E-state index is 13.9. The van der Waals surface area contributed by atoms with E-state index < -0.39 is 23.9 Å². The van der Waals surface area contributed by atoms with Gasteiger partial charge in [-0.15, -0.1) is 0 Å². The molecule has 2 atom stereocenters. The number of morpholine rings is 1. The van der Waals surface area contributed by atoms with Gasteiger partial charge in [0.05, 0.1) is 30.8 Å². The summed E-state index contributed by atoms with van der Waals surface area (Å²) in [4.78, 5) is 39.5. The monoisotopic (exact) mass is 583 g/mol. The van der Waals surface area contributed by atoms with Gasteiger partial charge in [0.25, 0.3) is 0 Å². The number of benzene rings is 1. The third-order valence-corrected chi connectivity index (χ3v) is 8.29. The number of urea groups is 1. The van der Waals surface area contributed by atoms with Crippen LogP contribution in [0.2, 0.25) is 5.02 Å². The van der Waals surface area contributed by atoms with Gasteiger partial charge in [-0.05, 0) is 68.0 Å². The first-order chi connectivity index (χ1) is 19.6. The molecule has 9 nitrogen and oxygen atoms in total. The molecule has 0 radical (unpaired) electrons. The van der Waals surface area contributed by atoms with Gasteiger partial charge in [0, 0.05) is 49.5 Å². The van der Waals surface area contributed by atoms with Crippen LogP contribution in [0.15, 0.2) is 30.6 Å². The fraction of sp³-hybridized carbons (Fsp3) is 0.500. The molecular weight excluding hydrogens is 549 g/mol. The number of aromatic amines is 1. The van der Waals surface area contributed by atoms with Crippen molar-refractivity contribution in [2.45, 2.75) is 58.0 Å². The highest BCUT2D eigenvalue weighted by molar-refractivity contribution is 6.35. The van der Waals surface area contributed by atoms with E-state index >= 15 is 0 Å². The third-order valence-electron chi connectivity index (χ3n) is 7.98. The maximum Gasteiger partial charge on any atom is 0.410 e. The Kier molecular flexibility index (Phi) is 7.32. The number of carbonyl (C=O) groups is 2. The third kappa shape index (κ3) is 5.59. The number of likely N-dealkylation sites (tertiary alicyclic amines) is 1. The van der Waals surface area contributed by atoms with E-state index in [0.717, 1.165) is 33.2 Å². The maximum absolute atomic E-state index is 13.9. The van der Waals surface area contributed by atoms with Crippen molar-refractivity contribution in [2.75, 3.05) is 39.4 Å². The molecule has 0 spiro atoms. The van der Waals surface area contributed by atoms with Crippen LogP contribution in [0.5, 0.6) is 0 Å². The van der Waals surface area contributed by atoms with Crippen LogP contribution in [-0.4, -0.2) is 88.0 Å². The number of ether oxygens (including phenoxy) is 2. The topological polar surface area (TPSA) is 91.0 Å². The standard InChI is InChI=1S/C30H35ClFN5O4/c1-30(2,3)41-29(39)37-8-9-40-17-26(37)22-11-19(20-12-23-25(31)14-34-27(23)33-13-20)10-18-4-6-36(16-24(18)22)28(38)35-7-5-21(32)15-35/h10-14,21,26H,4-9,15-17H2,1-3H3,(H,33,34). The van der Waals surface area contributed by atoms with E-state index in [-0.39, 0.29) is 12.6 Å². The largest absolute Gasteiger partial charge is 0.444 e. The van der Waals surface area contributed by atoms with Crippen molar-refractivity contribution < 1.29 is 23.5 Å². The van der Waals surface area contributed by atoms with Crippen LogP contribution >= 0.6 is 11.6 Å².